The number of carboxylic acids is 1. The summed E-state index contributed by atoms with van der Waals surface area (Å²) >= 11 is 0. The van der Waals surface area contributed by atoms with E-state index in [0.717, 1.165) is 12.8 Å². The Morgan fingerprint density at radius 1 is 1.38 bits per heavy atom. The Morgan fingerprint density at radius 3 is 2.71 bits per heavy atom. The highest BCUT2D eigenvalue weighted by Crippen LogP contribution is 2.24. The Hall–Kier alpha value is -1.18. The minimum atomic E-state index is -0.864. The second-order valence-corrected chi connectivity index (χ2v) is 6.81. The lowest BCUT2D eigenvalue weighted by Crippen LogP contribution is -2.52. The molecule has 2 unspecified atom stereocenters. The molecule has 1 saturated heterocycles. The van der Waals surface area contributed by atoms with Crippen molar-refractivity contribution >= 4 is 11.9 Å². The molecule has 0 aromatic carbocycles. The molecular formula is C17H30N2O5. The Balaban J connectivity index is 1.84. The van der Waals surface area contributed by atoms with Crippen LogP contribution in [0, 0.1) is 0 Å². The van der Waals surface area contributed by atoms with Gasteiger partial charge in [-0.05, 0) is 26.3 Å². The summed E-state index contributed by atoms with van der Waals surface area (Å²) in [5, 5.41) is 8.83. The molecule has 2 fully saturated rings. The average Bonchev–Trinajstić information content (AvgIpc) is 3.04. The lowest BCUT2D eigenvalue weighted by Gasteiger charge is -2.36. The zero-order valence-corrected chi connectivity index (χ0v) is 14.8. The van der Waals surface area contributed by atoms with E-state index in [2.05, 4.69) is 0 Å². The summed E-state index contributed by atoms with van der Waals surface area (Å²) < 4.78 is 11.7. The minimum Gasteiger partial charge on any atom is -0.480 e. The Morgan fingerprint density at radius 2 is 2.08 bits per heavy atom. The predicted octanol–water partition coefficient (Wildman–Crippen LogP) is 0.968. The van der Waals surface area contributed by atoms with Crippen LogP contribution in [0.3, 0.4) is 0 Å². The molecule has 1 heterocycles. The fourth-order valence-electron chi connectivity index (χ4n) is 3.46. The number of aliphatic carboxylic acids is 1. The summed E-state index contributed by atoms with van der Waals surface area (Å²) in [6.07, 6.45) is 4.84. The van der Waals surface area contributed by atoms with Crippen molar-refractivity contribution in [2.75, 3.05) is 39.8 Å². The van der Waals surface area contributed by atoms with Crippen LogP contribution in [0.25, 0.3) is 0 Å². The summed E-state index contributed by atoms with van der Waals surface area (Å²) in [6, 6.07) is 0. The summed E-state index contributed by atoms with van der Waals surface area (Å²) in [7, 11) is 1.75. The van der Waals surface area contributed by atoms with E-state index in [1.165, 1.54) is 12.8 Å². The molecule has 1 aliphatic heterocycles. The Labute approximate surface area is 143 Å². The van der Waals surface area contributed by atoms with Crippen LogP contribution in [0.15, 0.2) is 0 Å². The maximum atomic E-state index is 12.8. The van der Waals surface area contributed by atoms with Gasteiger partial charge in [0, 0.05) is 19.6 Å². The first-order valence-corrected chi connectivity index (χ1v) is 8.95. The summed E-state index contributed by atoms with van der Waals surface area (Å²) in [6.45, 7) is 4.00. The van der Waals surface area contributed by atoms with Gasteiger partial charge in [-0.1, -0.05) is 19.8 Å². The molecule has 2 aliphatic rings. The number of hydrogen-bond acceptors (Lipinski definition) is 5. The van der Waals surface area contributed by atoms with Gasteiger partial charge < -0.3 is 19.5 Å². The van der Waals surface area contributed by atoms with E-state index in [4.69, 9.17) is 14.6 Å². The molecule has 1 saturated carbocycles. The van der Waals surface area contributed by atoms with E-state index in [-0.39, 0.29) is 30.8 Å². The summed E-state index contributed by atoms with van der Waals surface area (Å²) in [4.78, 5) is 27.0. The van der Waals surface area contributed by atoms with E-state index < -0.39 is 5.97 Å². The number of rotatable bonds is 8. The standard InChI is InChI=1S/C17H30N2O5/c1-3-15(24-13-6-4-5-7-13)17(22)19-8-9-23-14(11-19)10-18(2)12-16(20)21/h13-15H,3-12H2,1-2H3,(H,20,21). The maximum Gasteiger partial charge on any atom is 0.317 e. The Bertz CT molecular complexity index is 425. The number of likely N-dealkylation sites (N-methyl/N-ethyl adjacent to an activating group) is 1. The first-order chi connectivity index (χ1) is 11.5. The number of amides is 1. The van der Waals surface area contributed by atoms with Crippen LogP contribution in [0.2, 0.25) is 0 Å². The second-order valence-electron chi connectivity index (χ2n) is 6.81. The van der Waals surface area contributed by atoms with Crippen LogP contribution >= 0.6 is 0 Å². The largest absolute Gasteiger partial charge is 0.480 e. The van der Waals surface area contributed by atoms with Gasteiger partial charge in [-0.25, -0.2) is 0 Å². The minimum absolute atomic E-state index is 0.0316. The van der Waals surface area contributed by atoms with Gasteiger partial charge in [0.1, 0.15) is 6.10 Å². The quantitative estimate of drug-likeness (QED) is 0.708. The van der Waals surface area contributed by atoms with E-state index in [0.29, 0.717) is 32.7 Å². The molecule has 2 rings (SSSR count). The number of morpholine rings is 1. The van der Waals surface area contributed by atoms with Crippen molar-refractivity contribution in [3.63, 3.8) is 0 Å². The summed E-state index contributed by atoms with van der Waals surface area (Å²) in [5.74, 6) is -0.823. The third kappa shape index (κ3) is 5.72. The summed E-state index contributed by atoms with van der Waals surface area (Å²) in [5.41, 5.74) is 0. The highest BCUT2D eigenvalue weighted by Gasteiger charge is 2.31. The van der Waals surface area contributed by atoms with Gasteiger partial charge in [-0.2, -0.15) is 0 Å². The van der Waals surface area contributed by atoms with E-state index >= 15 is 0 Å². The first kappa shape index (κ1) is 19.1. The van der Waals surface area contributed by atoms with Gasteiger partial charge in [-0.15, -0.1) is 0 Å². The van der Waals surface area contributed by atoms with Crippen LogP contribution in [-0.2, 0) is 19.1 Å². The number of ether oxygens (including phenoxy) is 2. The van der Waals surface area contributed by atoms with Crippen LogP contribution in [-0.4, -0.2) is 84.9 Å². The lowest BCUT2D eigenvalue weighted by atomic mass is 10.2. The number of hydrogen-bond donors (Lipinski definition) is 1. The van der Waals surface area contributed by atoms with Crippen molar-refractivity contribution in [2.45, 2.75) is 57.3 Å². The topological polar surface area (TPSA) is 79.3 Å². The van der Waals surface area contributed by atoms with E-state index in [1.807, 2.05) is 11.8 Å². The van der Waals surface area contributed by atoms with Crippen molar-refractivity contribution in [3.8, 4) is 0 Å². The fraction of sp³-hybridized carbons (Fsp3) is 0.882. The number of carbonyl (C=O) groups is 2. The van der Waals surface area contributed by atoms with Crippen molar-refractivity contribution in [2.24, 2.45) is 0 Å². The molecule has 1 N–H and O–H groups in total. The number of carbonyl (C=O) groups excluding carboxylic acids is 1. The zero-order chi connectivity index (χ0) is 17.5. The molecule has 7 nitrogen and oxygen atoms in total. The fourth-order valence-corrected chi connectivity index (χ4v) is 3.46. The zero-order valence-electron chi connectivity index (χ0n) is 14.8. The number of nitrogens with zero attached hydrogens (tertiary/aromatic N) is 2. The molecular weight excluding hydrogens is 312 g/mol. The molecule has 7 heteroatoms. The predicted molar refractivity (Wildman–Crippen MR) is 88.9 cm³/mol. The molecule has 0 bridgehead atoms. The van der Waals surface area contributed by atoms with Crippen molar-refractivity contribution in [1.29, 1.82) is 0 Å². The van der Waals surface area contributed by atoms with Crippen LogP contribution in [0.5, 0.6) is 0 Å². The first-order valence-electron chi connectivity index (χ1n) is 8.95. The second kappa shape index (κ2) is 9.34. The molecule has 2 atom stereocenters. The third-order valence-electron chi connectivity index (χ3n) is 4.68. The molecule has 0 spiro atoms. The SMILES string of the molecule is CCC(OC1CCCC1)C(=O)N1CCOC(CN(C)CC(=O)O)C1. The molecule has 0 radical (unpaired) electrons. The Kier molecular flexibility index (Phi) is 7.45. The van der Waals surface area contributed by atoms with E-state index in [9.17, 15) is 9.59 Å². The van der Waals surface area contributed by atoms with Crippen LogP contribution < -0.4 is 0 Å². The molecule has 138 valence electrons. The normalized spacial score (nSPS) is 23.6. The van der Waals surface area contributed by atoms with Crippen molar-refractivity contribution < 1.29 is 24.2 Å². The lowest BCUT2D eigenvalue weighted by molar-refractivity contribution is -0.155. The molecule has 24 heavy (non-hydrogen) atoms. The highest BCUT2D eigenvalue weighted by molar-refractivity contribution is 5.81. The molecule has 0 aromatic heterocycles. The molecule has 1 aliphatic carbocycles. The van der Waals surface area contributed by atoms with Crippen molar-refractivity contribution in [3.05, 3.63) is 0 Å². The average molecular weight is 342 g/mol. The highest BCUT2D eigenvalue weighted by atomic mass is 16.5. The van der Waals surface area contributed by atoms with Gasteiger partial charge in [0.05, 0.1) is 25.4 Å². The van der Waals surface area contributed by atoms with Gasteiger partial charge in [-0.3, -0.25) is 14.5 Å². The van der Waals surface area contributed by atoms with Gasteiger partial charge in [0.15, 0.2) is 0 Å². The smallest absolute Gasteiger partial charge is 0.317 e. The van der Waals surface area contributed by atoms with Gasteiger partial charge in [0.25, 0.3) is 5.91 Å². The van der Waals surface area contributed by atoms with Crippen LogP contribution in [0.1, 0.15) is 39.0 Å². The van der Waals surface area contributed by atoms with Crippen LogP contribution in [0.4, 0.5) is 0 Å². The van der Waals surface area contributed by atoms with E-state index in [1.54, 1.807) is 11.9 Å². The monoisotopic (exact) mass is 342 g/mol. The molecule has 1 amide bonds. The molecule has 0 aromatic rings. The van der Waals surface area contributed by atoms with Gasteiger partial charge >= 0.3 is 5.97 Å². The maximum absolute atomic E-state index is 12.8. The third-order valence-corrected chi connectivity index (χ3v) is 4.68. The van der Waals surface area contributed by atoms with Crippen molar-refractivity contribution in [1.82, 2.24) is 9.80 Å². The number of carboxylic acid groups (broad SMARTS) is 1. The van der Waals surface area contributed by atoms with Gasteiger partial charge in [0.2, 0.25) is 0 Å².